The summed E-state index contributed by atoms with van der Waals surface area (Å²) in [7, 11) is 3.19. The summed E-state index contributed by atoms with van der Waals surface area (Å²) >= 11 is 6.02. The van der Waals surface area contributed by atoms with Crippen LogP contribution in [0.1, 0.15) is 0 Å². The molecule has 1 N–H and O–H groups in total. The first-order valence-electron chi connectivity index (χ1n) is 5.86. The van der Waals surface area contributed by atoms with Crippen LogP contribution in [0.2, 0.25) is 5.15 Å². The number of halogens is 1. The summed E-state index contributed by atoms with van der Waals surface area (Å²) < 4.78 is 7.68. The number of carbonyl (C=O) groups is 1. The van der Waals surface area contributed by atoms with Gasteiger partial charge in [-0.05, 0) is 0 Å². The average molecular weight is 308 g/mol. The van der Waals surface area contributed by atoms with Crippen LogP contribution in [0.15, 0.2) is 18.6 Å². The molecular formula is C12H10ClN5O3. The number of rotatable bonds is 2. The number of hydrogen-bond donors (Lipinski definition) is 1. The van der Waals surface area contributed by atoms with E-state index in [1.54, 1.807) is 24.1 Å². The number of aromatic nitrogens is 5. The molecule has 0 radical (unpaired) electrons. The SMILES string of the molecule is COc1c(Cl)ncc2c1c(-c1cnn(C)c1)nn2C(=O)O. The Balaban J connectivity index is 2.43. The highest BCUT2D eigenvalue weighted by atomic mass is 35.5. The average Bonchev–Trinajstić information content (AvgIpc) is 3.02. The standard InChI is InChI=1S/C12H10ClN5O3/c1-17-5-6(3-15-17)9-8-7(18(16-9)12(19)20)4-14-11(13)10(8)21-2/h3-5H,1-2H3,(H,19,20). The van der Waals surface area contributed by atoms with Gasteiger partial charge in [0.05, 0.1) is 24.9 Å². The van der Waals surface area contributed by atoms with Gasteiger partial charge in [0.15, 0.2) is 10.9 Å². The molecule has 3 rings (SSSR count). The second-order valence-electron chi connectivity index (χ2n) is 4.29. The second-order valence-corrected chi connectivity index (χ2v) is 4.65. The van der Waals surface area contributed by atoms with Crippen LogP contribution in [0.5, 0.6) is 5.75 Å². The molecule has 108 valence electrons. The van der Waals surface area contributed by atoms with Gasteiger partial charge in [0, 0.05) is 18.8 Å². The summed E-state index contributed by atoms with van der Waals surface area (Å²) in [5.41, 5.74) is 1.37. The summed E-state index contributed by atoms with van der Waals surface area (Å²) in [6, 6.07) is 0. The van der Waals surface area contributed by atoms with Gasteiger partial charge in [0.2, 0.25) is 0 Å². The first-order valence-corrected chi connectivity index (χ1v) is 6.24. The minimum Gasteiger partial charge on any atom is -0.493 e. The smallest absolute Gasteiger partial charge is 0.432 e. The van der Waals surface area contributed by atoms with E-state index in [1.165, 1.54) is 13.3 Å². The lowest BCUT2D eigenvalue weighted by molar-refractivity contribution is 0.194. The van der Waals surface area contributed by atoms with E-state index in [1.807, 2.05) is 0 Å². The molecule has 3 aromatic heterocycles. The molecule has 0 aromatic carbocycles. The normalized spacial score (nSPS) is 11.0. The molecule has 0 saturated carbocycles. The van der Waals surface area contributed by atoms with Crippen LogP contribution in [-0.2, 0) is 7.05 Å². The van der Waals surface area contributed by atoms with Crippen molar-refractivity contribution in [3.8, 4) is 17.0 Å². The second kappa shape index (κ2) is 4.74. The molecule has 0 aliphatic heterocycles. The van der Waals surface area contributed by atoms with E-state index in [-0.39, 0.29) is 10.9 Å². The first kappa shape index (κ1) is 13.4. The van der Waals surface area contributed by atoms with Gasteiger partial charge >= 0.3 is 6.09 Å². The zero-order valence-corrected chi connectivity index (χ0v) is 11.9. The van der Waals surface area contributed by atoms with Crippen LogP contribution in [0.4, 0.5) is 4.79 Å². The van der Waals surface area contributed by atoms with E-state index in [0.717, 1.165) is 4.68 Å². The minimum absolute atomic E-state index is 0.139. The highest BCUT2D eigenvalue weighted by Crippen LogP contribution is 2.37. The zero-order valence-electron chi connectivity index (χ0n) is 11.1. The van der Waals surface area contributed by atoms with E-state index in [0.29, 0.717) is 22.2 Å². The molecule has 8 nitrogen and oxygen atoms in total. The fourth-order valence-electron chi connectivity index (χ4n) is 2.13. The Bertz CT molecular complexity index is 854. The quantitative estimate of drug-likeness (QED) is 0.728. The van der Waals surface area contributed by atoms with Gasteiger partial charge in [0.1, 0.15) is 11.2 Å². The lowest BCUT2D eigenvalue weighted by Crippen LogP contribution is -2.09. The Hall–Kier alpha value is -2.61. The molecule has 3 heterocycles. The summed E-state index contributed by atoms with van der Waals surface area (Å²) in [6.07, 6.45) is 3.44. The van der Waals surface area contributed by atoms with Crippen molar-refractivity contribution >= 4 is 28.6 Å². The molecule has 0 bridgehead atoms. The van der Waals surface area contributed by atoms with Gasteiger partial charge in [-0.15, -0.1) is 0 Å². The van der Waals surface area contributed by atoms with Crippen molar-refractivity contribution in [1.82, 2.24) is 24.5 Å². The number of fused-ring (bicyclic) bond motifs is 1. The predicted molar refractivity (Wildman–Crippen MR) is 74.7 cm³/mol. The Morgan fingerprint density at radius 3 is 2.76 bits per heavy atom. The zero-order chi connectivity index (χ0) is 15.1. The third-order valence-electron chi connectivity index (χ3n) is 3.00. The molecule has 21 heavy (non-hydrogen) atoms. The fraction of sp³-hybridized carbons (Fsp3) is 0.167. The number of hydrogen-bond acceptors (Lipinski definition) is 5. The maximum absolute atomic E-state index is 11.3. The van der Waals surface area contributed by atoms with Gasteiger partial charge in [-0.25, -0.2) is 9.78 Å². The lowest BCUT2D eigenvalue weighted by Gasteiger charge is -2.04. The van der Waals surface area contributed by atoms with Gasteiger partial charge < -0.3 is 9.84 Å². The number of nitrogens with zero attached hydrogens (tertiary/aromatic N) is 5. The van der Waals surface area contributed by atoms with E-state index in [2.05, 4.69) is 15.2 Å². The third kappa shape index (κ3) is 2.00. The first-order chi connectivity index (χ1) is 10.0. The van der Waals surface area contributed by atoms with Crippen LogP contribution in [0.3, 0.4) is 0 Å². The molecule has 0 atom stereocenters. The van der Waals surface area contributed by atoms with Crippen molar-refractivity contribution in [3.05, 3.63) is 23.7 Å². The van der Waals surface area contributed by atoms with Crippen LogP contribution < -0.4 is 4.74 Å². The Labute approximate surface area is 123 Å². The van der Waals surface area contributed by atoms with Crippen LogP contribution in [0, 0.1) is 0 Å². The van der Waals surface area contributed by atoms with E-state index in [4.69, 9.17) is 16.3 Å². The number of methoxy groups -OCH3 is 1. The van der Waals surface area contributed by atoms with Crippen LogP contribution in [0.25, 0.3) is 22.2 Å². The molecule has 3 aromatic rings. The van der Waals surface area contributed by atoms with Gasteiger partial charge in [0.25, 0.3) is 0 Å². The monoisotopic (exact) mass is 307 g/mol. The maximum Gasteiger partial charge on any atom is 0.432 e. The van der Waals surface area contributed by atoms with Crippen molar-refractivity contribution < 1.29 is 14.6 Å². The van der Waals surface area contributed by atoms with Gasteiger partial charge in [-0.1, -0.05) is 11.6 Å². The summed E-state index contributed by atoms with van der Waals surface area (Å²) in [5.74, 6) is 0.278. The number of ether oxygens (including phenoxy) is 1. The van der Waals surface area contributed by atoms with E-state index >= 15 is 0 Å². The largest absolute Gasteiger partial charge is 0.493 e. The summed E-state index contributed by atoms with van der Waals surface area (Å²) in [6.45, 7) is 0. The van der Waals surface area contributed by atoms with Gasteiger partial charge in [-0.3, -0.25) is 4.68 Å². The molecule has 0 amide bonds. The van der Waals surface area contributed by atoms with Crippen LogP contribution >= 0.6 is 11.6 Å². The molecule has 0 saturated heterocycles. The fourth-order valence-corrected chi connectivity index (χ4v) is 2.35. The molecule has 0 unspecified atom stereocenters. The van der Waals surface area contributed by atoms with Crippen molar-refractivity contribution in [1.29, 1.82) is 0 Å². The predicted octanol–water partition coefficient (Wildman–Crippen LogP) is 2.02. The molecule has 0 aliphatic rings. The number of aryl methyl sites for hydroxylation is 1. The Kier molecular flexibility index (Phi) is 3.02. The molecule has 0 fully saturated rings. The van der Waals surface area contributed by atoms with Gasteiger partial charge in [-0.2, -0.15) is 14.9 Å². The number of carboxylic acid groups (broad SMARTS) is 1. The van der Waals surface area contributed by atoms with E-state index < -0.39 is 6.09 Å². The Morgan fingerprint density at radius 2 is 2.19 bits per heavy atom. The third-order valence-corrected chi connectivity index (χ3v) is 3.27. The topological polar surface area (TPSA) is 95.1 Å². The highest BCUT2D eigenvalue weighted by molar-refractivity contribution is 6.32. The summed E-state index contributed by atoms with van der Waals surface area (Å²) in [4.78, 5) is 15.3. The van der Waals surface area contributed by atoms with Crippen molar-refractivity contribution in [2.24, 2.45) is 7.05 Å². The Morgan fingerprint density at radius 1 is 1.43 bits per heavy atom. The molecule has 9 heteroatoms. The number of pyridine rings is 1. The van der Waals surface area contributed by atoms with Crippen molar-refractivity contribution in [2.75, 3.05) is 7.11 Å². The molecule has 0 aliphatic carbocycles. The van der Waals surface area contributed by atoms with Crippen molar-refractivity contribution in [3.63, 3.8) is 0 Å². The molecule has 0 spiro atoms. The minimum atomic E-state index is -1.22. The van der Waals surface area contributed by atoms with Crippen molar-refractivity contribution in [2.45, 2.75) is 0 Å². The lowest BCUT2D eigenvalue weighted by atomic mass is 10.1. The summed E-state index contributed by atoms with van der Waals surface area (Å²) in [5, 5.41) is 18.0. The molecular weight excluding hydrogens is 298 g/mol. The maximum atomic E-state index is 11.3. The van der Waals surface area contributed by atoms with Crippen LogP contribution in [-0.4, -0.2) is 42.9 Å². The highest BCUT2D eigenvalue weighted by Gasteiger charge is 2.22. The van der Waals surface area contributed by atoms with E-state index in [9.17, 15) is 9.90 Å².